The molecule has 0 saturated heterocycles. The van der Waals surface area contributed by atoms with Gasteiger partial charge in [-0.15, -0.1) is 0 Å². The molecule has 0 amide bonds. The Bertz CT molecular complexity index is 804. The largest absolute Gasteiger partial charge is 0.490 e. The van der Waals surface area contributed by atoms with E-state index in [0.29, 0.717) is 0 Å². The minimum Gasteiger partial charge on any atom is -0.456 e. The van der Waals surface area contributed by atoms with E-state index in [1.54, 1.807) is 0 Å². The second-order valence-electron chi connectivity index (χ2n) is 5.97. The van der Waals surface area contributed by atoms with Crippen LogP contribution in [0, 0.1) is 0 Å². The lowest BCUT2D eigenvalue weighted by Crippen LogP contribution is -2.45. The van der Waals surface area contributed by atoms with Crippen LogP contribution in [-0.2, 0) is 39.9 Å². The maximum atomic E-state index is 12.5. The summed E-state index contributed by atoms with van der Waals surface area (Å²) in [5.74, 6) is -8.69. The van der Waals surface area contributed by atoms with Gasteiger partial charge < -0.3 is 18.9 Å². The molecule has 2 atom stereocenters. The van der Waals surface area contributed by atoms with Crippen molar-refractivity contribution < 1.29 is 72.8 Å². The van der Waals surface area contributed by atoms with Gasteiger partial charge in [0.15, 0.2) is 6.10 Å². The molecule has 186 valence electrons. The Kier molecular flexibility index (Phi) is 9.50. The number of carbonyl (C=O) groups is 3. The van der Waals surface area contributed by atoms with Gasteiger partial charge in [-0.3, -0.25) is 0 Å². The van der Waals surface area contributed by atoms with Crippen LogP contribution in [0.3, 0.4) is 0 Å². The molecule has 2 unspecified atom stereocenters. The lowest BCUT2D eigenvalue weighted by molar-refractivity contribution is -0.225. The molecule has 16 heteroatoms. The number of ether oxygens (including phenoxy) is 4. The lowest BCUT2D eigenvalue weighted by Gasteiger charge is -2.27. The zero-order valence-corrected chi connectivity index (χ0v) is 15.9. The number of hydrogen-bond donors (Lipinski definition) is 0. The molecule has 1 rings (SSSR count). The van der Waals surface area contributed by atoms with Crippen molar-refractivity contribution in [2.24, 2.45) is 0 Å². The van der Waals surface area contributed by atoms with E-state index in [1.165, 1.54) is 30.3 Å². The highest BCUT2D eigenvalue weighted by Gasteiger charge is 2.47. The summed E-state index contributed by atoms with van der Waals surface area (Å²) < 4.78 is 128. The van der Waals surface area contributed by atoms with Gasteiger partial charge in [-0.25, -0.2) is 14.4 Å². The zero-order valence-electron chi connectivity index (χ0n) is 15.9. The average Bonchev–Trinajstić information content (AvgIpc) is 2.69. The van der Waals surface area contributed by atoms with Crippen LogP contribution >= 0.6 is 0 Å². The third kappa shape index (κ3) is 9.97. The van der Waals surface area contributed by atoms with Crippen LogP contribution in [0.2, 0.25) is 0 Å². The summed E-state index contributed by atoms with van der Waals surface area (Å²) in [6, 6.07) is 7.24. The first-order valence-corrected chi connectivity index (χ1v) is 8.43. The number of rotatable bonds is 9. The van der Waals surface area contributed by atoms with Crippen molar-refractivity contribution in [2.45, 2.75) is 37.3 Å². The molecule has 1 aromatic rings. The first-order chi connectivity index (χ1) is 15.0. The van der Waals surface area contributed by atoms with Crippen LogP contribution in [0.15, 0.2) is 30.3 Å². The topological polar surface area (TPSA) is 88.1 Å². The molecule has 0 aromatic heterocycles. The minimum atomic E-state index is -5.68. The van der Waals surface area contributed by atoms with Gasteiger partial charge >= 0.3 is 36.4 Å². The quantitative estimate of drug-likeness (QED) is 0.292. The van der Waals surface area contributed by atoms with E-state index in [1.807, 2.05) is 0 Å². The van der Waals surface area contributed by atoms with Gasteiger partial charge in [0, 0.05) is 0 Å². The van der Waals surface area contributed by atoms with Gasteiger partial charge in [0.1, 0.15) is 19.3 Å². The van der Waals surface area contributed by atoms with E-state index in [-0.39, 0.29) is 5.56 Å². The highest BCUT2D eigenvalue weighted by atomic mass is 19.4. The molecule has 0 spiro atoms. The number of carbonyl (C=O) groups excluding carboxylic acids is 3. The highest BCUT2D eigenvalue weighted by molar-refractivity contribution is 5.77. The van der Waals surface area contributed by atoms with Gasteiger partial charge in [-0.05, 0) is 5.56 Å². The molecule has 0 aliphatic heterocycles. The van der Waals surface area contributed by atoms with E-state index in [9.17, 15) is 53.9 Å². The lowest BCUT2D eigenvalue weighted by atomic mass is 10.2. The Balaban J connectivity index is 3.12. The number of esters is 3. The summed E-state index contributed by atoms with van der Waals surface area (Å²) in [6.45, 7) is -3.82. The maximum Gasteiger partial charge on any atom is 0.490 e. The van der Waals surface area contributed by atoms with Gasteiger partial charge in [0.2, 0.25) is 0 Å². The number of benzene rings is 1. The Morgan fingerprint density at radius 3 is 1.52 bits per heavy atom. The van der Waals surface area contributed by atoms with E-state index >= 15 is 0 Å². The predicted octanol–water partition coefficient (Wildman–Crippen LogP) is 3.26. The average molecular weight is 500 g/mol. The van der Waals surface area contributed by atoms with Crippen LogP contribution < -0.4 is 0 Å². The Morgan fingerprint density at radius 2 is 1.09 bits per heavy atom. The van der Waals surface area contributed by atoms with Crippen molar-refractivity contribution >= 4 is 17.9 Å². The van der Waals surface area contributed by atoms with Gasteiger partial charge in [0.05, 0.1) is 6.61 Å². The number of hydrogen-bond acceptors (Lipinski definition) is 7. The van der Waals surface area contributed by atoms with Gasteiger partial charge in [0.25, 0.3) is 0 Å². The van der Waals surface area contributed by atoms with Gasteiger partial charge in [-0.1, -0.05) is 30.3 Å². The molecule has 0 aliphatic rings. The fourth-order valence-corrected chi connectivity index (χ4v) is 1.94. The van der Waals surface area contributed by atoms with Crippen molar-refractivity contribution in [2.75, 3.05) is 13.2 Å². The molecule has 0 aliphatic carbocycles. The predicted molar refractivity (Wildman–Crippen MR) is 85.0 cm³/mol. The summed E-state index contributed by atoms with van der Waals surface area (Å²) >= 11 is 0. The van der Waals surface area contributed by atoms with Crippen LogP contribution in [-0.4, -0.2) is 61.9 Å². The SMILES string of the molecule is O=C(OCC(OCc1ccccc1)C(COC(=O)C(F)(F)F)OC(=O)C(F)(F)F)C(F)(F)F. The maximum absolute atomic E-state index is 12.5. The molecule has 7 nitrogen and oxygen atoms in total. The molecule has 0 N–H and O–H groups in total. The summed E-state index contributed by atoms with van der Waals surface area (Å²) in [7, 11) is 0. The Hall–Kier alpha value is -3.04. The summed E-state index contributed by atoms with van der Waals surface area (Å²) in [5.41, 5.74) is 0.276. The molecular weight excluding hydrogens is 487 g/mol. The van der Waals surface area contributed by atoms with Gasteiger partial charge in [-0.2, -0.15) is 39.5 Å². The zero-order chi connectivity index (χ0) is 25.4. The first-order valence-electron chi connectivity index (χ1n) is 8.43. The van der Waals surface area contributed by atoms with E-state index in [4.69, 9.17) is 4.74 Å². The second kappa shape index (κ2) is 11.2. The summed E-state index contributed by atoms with van der Waals surface area (Å²) in [4.78, 5) is 32.9. The monoisotopic (exact) mass is 500 g/mol. The fraction of sp³-hybridized carbons (Fsp3) is 0.471. The first kappa shape index (κ1) is 28.0. The molecule has 1 aromatic carbocycles. The molecular formula is C17H13F9O7. The van der Waals surface area contributed by atoms with E-state index in [0.717, 1.165) is 0 Å². The summed E-state index contributed by atoms with van der Waals surface area (Å²) in [5, 5.41) is 0. The third-order valence-corrected chi connectivity index (χ3v) is 3.43. The van der Waals surface area contributed by atoms with Crippen LogP contribution in [0.25, 0.3) is 0 Å². The molecule has 0 saturated carbocycles. The van der Waals surface area contributed by atoms with Crippen molar-refractivity contribution in [1.82, 2.24) is 0 Å². The number of alkyl halides is 9. The Labute approximate surface area is 178 Å². The highest BCUT2D eigenvalue weighted by Crippen LogP contribution is 2.23. The van der Waals surface area contributed by atoms with Crippen LogP contribution in [0.1, 0.15) is 5.56 Å². The van der Waals surface area contributed by atoms with E-state index in [2.05, 4.69) is 14.2 Å². The molecule has 33 heavy (non-hydrogen) atoms. The second-order valence-corrected chi connectivity index (χ2v) is 5.97. The van der Waals surface area contributed by atoms with Crippen molar-refractivity contribution in [3.8, 4) is 0 Å². The number of halogens is 9. The van der Waals surface area contributed by atoms with Crippen molar-refractivity contribution in [3.05, 3.63) is 35.9 Å². The molecule has 0 fully saturated rings. The normalized spacial score (nSPS) is 14.2. The molecule has 0 radical (unpaired) electrons. The minimum absolute atomic E-state index is 0.276. The van der Waals surface area contributed by atoms with Crippen LogP contribution in [0.4, 0.5) is 39.5 Å². The summed E-state index contributed by atoms with van der Waals surface area (Å²) in [6.07, 6.45) is -21.6. The van der Waals surface area contributed by atoms with Crippen molar-refractivity contribution in [3.63, 3.8) is 0 Å². The van der Waals surface area contributed by atoms with E-state index < -0.39 is 68.5 Å². The van der Waals surface area contributed by atoms with Crippen LogP contribution in [0.5, 0.6) is 0 Å². The third-order valence-electron chi connectivity index (χ3n) is 3.43. The smallest absolute Gasteiger partial charge is 0.456 e. The standard InChI is InChI=1S/C17H13F9O7/c18-15(19,20)12(27)31-7-10(30-6-9-4-2-1-3-5-9)11(33-14(29)17(24,25)26)8-32-13(28)16(21,22)23/h1-5,10-11H,6-8H2. The molecule has 0 bridgehead atoms. The van der Waals surface area contributed by atoms with Crippen molar-refractivity contribution in [1.29, 1.82) is 0 Å². The molecule has 0 heterocycles. The Morgan fingerprint density at radius 1 is 0.667 bits per heavy atom. The fourth-order valence-electron chi connectivity index (χ4n) is 1.94.